The molecule has 0 heterocycles. The lowest BCUT2D eigenvalue weighted by molar-refractivity contribution is -0.117. The van der Waals surface area contributed by atoms with Crippen molar-refractivity contribution in [2.45, 2.75) is 18.4 Å². The van der Waals surface area contributed by atoms with Crippen LogP contribution in [-0.4, -0.2) is 39.9 Å². The molecule has 6 nitrogen and oxygen atoms in total. The monoisotopic (exact) mass is 439 g/mol. The van der Waals surface area contributed by atoms with Crippen molar-refractivity contribution in [2.75, 3.05) is 26.0 Å². The van der Waals surface area contributed by atoms with Crippen LogP contribution in [0.4, 0.5) is 5.69 Å². The number of nitrogens with one attached hydrogen (secondary N) is 2. The van der Waals surface area contributed by atoms with Crippen LogP contribution in [0.2, 0.25) is 0 Å². The van der Waals surface area contributed by atoms with Gasteiger partial charge in [0, 0.05) is 16.7 Å². The summed E-state index contributed by atoms with van der Waals surface area (Å²) in [4.78, 5) is 14.3. The second kappa shape index (κ2) is 8.77. The normalized spacial score (nSPS) is 11.6. The number of sulfonamides is 1. The molecule has 0 aliphatic carbocycles. The summed E-state index contributed by atoms with van der Waals surface area (Å²) >= 11 is 3.49. The highest BCUT2D eigenvalue weighted by Crippen LogP contribution is 2.20. The summed E-state index contributed by atoms with van der Waals surface area (Å²) < 4.78 is 27.4. The van der Waals surface area contributed by atoms with E-state index in [0.29, 0.717) is 17.8 Å². The molecule has 140 valence electrons. The van der Waals surface area contributed by atoms with E-state index in [4.69, 9.17) is 0 Å². The molecule has 2 aromatic rings. The molecule has 0 saturated carbocycles. The van der Waals surface area contributed by atoms with Gasteiger partial charge in [-0.3, -0.25) is 9.69 Å². The average Bonchev–Trinajstić information content (AvgIpc) is 2.58. The van der Waals surface area contributed by atoms with Gasteiger partial charge >= 0.3 is 0 Å². The highest BCUT2D eigenvalue weighted by Gasteiger charge is 2.16. The van der Waals surface area contributed by atoms with Crippen molar-refractivity contribution in [3.8, 4) is 0 Å². The SMILES string of the molecule is CNS(=O)(=O)c1cc(NC(=O)CN(C)Cc2ccccc2Br)ccc1C. The van der Waals surface area contributed by atoms with E-state index in [1.54, 1.807) is 19.1 Å². The third-order valence-corrected chi connectivity index (χ3v) is 6.17. The predicted molar refractivity (Wildman–Crippen MR) is 107 cm³/mol. The fraction of sp³-hybridized carbons (Fsp3) is 0.278. The number of nitrogens with zero attached hydrogens (tertiary/aromatic N) is 1. The highest BCUT2D eigenvalue weighted by atomic mass is 79.9. The van der Waals surface area contributed by atoms with Crippen LogP contribution in [0.1, 0.15) is 11.1 Å². The fourth-order valence-corrected chi connectivity index (χ4v) is 3.90. The Balaban J connectivity index is 2.04. The van der Waals surface area contributed by atoms with Crippen molar-refractivity contribution in [2.24, 2.45) is 0 Å². The summed E-state index contributed by atoms with van der Waals surface area (Å²) in [5.41, 5.74) is 2.15. The lowest BCUT2D eigenvalue weighted by Crippen LogP contribution is -2.30. The Kier molecular flexibility index (Phi) is 6.94. The molecule has 0 aliphatic rings. The average molecular weight is 440 g/mol. The number of anilines is 1. The number of carbonyl (C=O) groups excluding carboxylic acids is 1. The van der Waals surface area contributed by atoms with E-state index in [9.17, 15) is 13.2 Å². The summed E-state index contributed by atoms with van der Waals surface area (Å²) in [5.74, 6) is -0.212. The molecule has 26 heavy (non-hydrogen) atoms. The summed E-state index contributed by atoms with van der Waals surface area (Å²) in [5, 5.41) is 2.75. The number of halogens is 1. The van der Waals surface area contributed by atoms with E-state index in [2.05, 4.69) is 26.0 Å². The molecule has 0 spiro atoms. The maximum atomic E-state index is 12.3. The highest BCUT2D eigenvalue weighted by molar-refractivity contribution is 9.10. The second-order valence-corrected chi connectivity index (χ2v) is 8.71. The number of likely N-dealkylation sites (N-methyl/N-ethyl adjacent to an activating group) is 1. The quantitative estimate of drug-likeness (QED) is 0.694. The van der Waals surface area contributed by atoms with Crippen LogP contribution in [0, 0.1) is 6.92 Å². The number of hydrogen-bond acceptors (Lipinski definition) is 4. The largest absolute Gasteiger partial charge is 0.325 e. The first-order valence-electron chi connectivity index (χ1n) is 7.99. The van der Waals surface area contributed by atoms with Crippen molar-refractivity contribution in [1.29, 1.82) is 0 Å². The maximum absolute atomic E-state index is 12.3. The van der Waals surface area contributed by atoms with Crippen molar-refractivity contribution in [1.82, 2.24) is 9.62 Å². The zero-order valence-corrected chi connectivity index (χ0v) is 17.3. The summed E-state index contributed by atoms with van der Waals surface area (Å²) in [7, 11) is -0.363. The molecule has 8 heteroatoms. The van der Waals surface area contributed by atoms with Gasteiger partial charge in [-0.1, -0.05) is 40.2 Å². The molecular weight excluding hydrogens is 418 g/mol. The van der Waals surface area contributed by atoms with Gasteiger partial charge in [-0.05, 0) is 50.3 Å². The molecular formula is C18H22BrN3O3S. The van der Waals surface area contributed by atoms with E-state index in [1.165, 1.54) is 13.1 Å². The molecule has 0 radical (unpaired) electrons. The molecule has 0 atom stereocenters. The first-order valence-corrected chi connectivity index (χ1v) is 10.3. The van der Waals surface area contributed by atoms with E-state index >= 15 is 0 Å². The van der Waals surface area contributed by atoms with Gasteiger partial charge in [-0.15, -0.1) is 0 Å². The van der Waals surface area contributed by atoms with Gasteiger partial charge in [0.15, 0.2) is 0 Å². The zero-order valence-electron chi connectivity index (χ0n) is 14.9. The van der Waals surface area contributed by atoms with E-state index in [1.807, 2.05) is 36.2 Å². The molecule has 0 bridgehead atoms. The minimum absolute atomic E-state index is 0.152. The van der Waals surface area contributed by atoms with Crippen molar-refractivity contribution in [3.05, 3.63) is 58.1 Å². The van der Waals surface area contributed by atoms with Gasteiger partial charge in [0.2, 0.25) is 15.9 Å². The van der Waals surface area contributed by atoms with Crippen LogP contribution in [0.25, 0.3) is 0 Å². The zero-order chi connectivity index (χ0) is 19.3. The molecule has 0 aromatic heterocycles. The molecule has 0 saturated heterocycles. The Hall–Kier alpha value is -1.74. The van der Waals surface area contributed by atoms with Gasteiger partial charge in [-0.2, -0.15) is 0 Å². The lowest BCUT2D eigenvalue weighted by Gasteiger charge is -2.17. The minimum atomic E-state index is -3.57. The predicted octanol–water partition coefficient (Wildman–Crippen LogP) is 2.74. The minimum Gasteiger partial charge on any atom is -0.325 e. The Bertz CT molecular complexity index is 900. The van der Waals surface area contributed by atoms with Crippen LogP contribution in [-0.2, 0) is 21.4 Å². The van der Waals surface area contributed by atoms with Gasteiger partial charge in [0.1, 0.15) is 0 Å². The van der Waals surface area contributed by atoms with Crippen LogP contribution < -0.4 is 10.0 Å². The van der Waals surface area contributed by atoms with Crippen molar-refractivity contribution < 1.29 is 13.2 Å². The molecule has 0 unspecified atom stereocenters. The van der Waals surface area contributed by atoms with Crippen LogP contribution in [0.5, 0.6) is 0 Å². The van der Waals surface area contributed by atoms with Crippen molar-refractivity contribution >= 4 is 37.5 Å². The summed E-state index contributed by atoms with van der Waals surface area (Å²) in [6, 6.07) is 12.7. The number of rotatable bonds is 7. The van der Waals surface area contributed by atoms with E-state index in [0.717, 1.165) is 10.0 Å². The number of benzene rings is 2. The van der Waals surface area contributed by atoms with Crippen molar-refractivity contribution in [3.63, 3.8) is 0 Å². The smallest absolute Gasteiger partial charge is 0.240 e. The number of aryl methyl sites for hydroxylation is 1. The number of amides is 1. The van der Waals surface area contributed by atoms with Gasteiger partial charge < -0.3 is 5.32 Å². The van der Waals surface area contributed by atoms with Crippen LogP contribution in [0.3, 0.4) is 0 Å². The first-order chi connectivity index (χ1) is 12.2. The van der Waals surface area contributed by atoms with Gasteiger partial charge in [-0.25, -0.2) is 13.1 Å². The molecule has 2 rings (SSSR count). The summed E-state index contributed by atoms with van der Waals surface area (Å²) in [6.45, 7) is 2.51. The van der Waals surface area contributed by atoms with E-state index in [-0.39, 0.29) is 17.3 Å². The Morgan fingerprint density at radius 2 is 1.88 bits per heavy atom. The van der Waals surface area contributed by atoms with Crippen LogP contribution in [0.15, 0.2) is 51.8 Å². The fourth-order valence-electron chi connectivity index (χ4n) is 2.50. The first kappa shape index (κ1) is 20.6. The third kappa shape index (κ3) is 5.38. The summed E-state index contributed by atoms with van der Waals surface area (Å²) in [6.07, 6.45) is 0. The van der Waals surface area contributed by atoms with Crippen LogP contribution >= 0.6 is 15.9 Å². The molecule has 0 fully saturated rings. The number of carbonyl (C=O) groups is 1. The Morgan fingerprint density at radius 3 is 2.54 bits per heavy atom. The lowest BCUT2D eigenvalue weighted by atomic mass is 10.2. The maximum Gasteiger partial charge on any atom is 0.240 e. The van der Waals surface area contributed by atoms with Gasteiger partial charge in [0.05, 0.1) is 11.4 Å². The Morgan fingerprint density at radius 1 is 1.19 bits per heavy atom. The topological polar surface area (TPSA) is 78.5 Å². The Labute approximate surface area is 162 Å². The van der Waals surface area contributed by atoms with E-state index < -0.39 is 10.0 Å². The second-order valence-electron chi connectivity index (χ2n) is 6.00. The number of hydrogen-bond donors (Lipinski definition) is 2. The molecule has 2 aromatic carbocycles. The molecule has 1 amide bonds. The standard InChI is InChI=1S/C18H22BrN3O3S/c1-13-8-9-15(10-17(13)26(24,25)20-2)21-18(23)12-22(3)11-14-6-4-5-7-16(14)19/h4-10,20H,11-12H2,1-3H3,(H,21,23). The van der Waals surface area contributed by atoms with Gasteiger partial charge in [0.25, 0.3) is 0 Å². The molecule has 2 N–H and O–H groups in total. The molecule has 0 aliphatic heterocycles. The third-order valence-electron chi connectivity index (χ3n) is 3.84.